The summed E-state index contributed by atoms with van der Waals surface area (Å²) in [5.41, 5.74) is 3.86. The van der Waals surface area contributed by atoms with E-state index in [1.165, 1.54) is 0 Å². The Labute approximate surface area is 163 Å². The number of fused-ring (bicyclic) bond motifs is 6. The lowest BCUT2D eigenvalue weighted by molar-refractivity contribution is 0.0944. The molecule has 2 aromatic carbocycles. The quantitative estimate of drug-likeness (QED) is 0.768. The average Bonchev–Trinajstić information content (AvgIpc) is 2.72. The maximum atomic E-state index is 6.41. The van der Waals surface area contributed by atoms with Crippen molar-refractivity contribution < 1.29 is 23.7 Å². The molecular weight excluding hydrogens is 356 g/mol. The van der Waals surface area contributed by atoms with Gasteiger partial charge < -0.3 is 23.7 Å². The second-order valence-corrected chi connectivity index (χ2v) is 6.97. The predicted molar refractivity (Wildman–Crippen MR) is 106 cm³/mol. The lowest BCUT2D eigenvalue weighted by Gasteiger charge is -2.40. The van der Waals surface area contributed by atoms with E-state index in [0.717, 1.165) is 39.5 Å². The number of ether oxygens (including phenoxy) is 5. The van der Waals surface area contributed by atoms with E-state index < -0.39 is 0 Å². The molecule has 2 aromatic rings. The molecule has 0 aromatic heterocycles. The van der Waals surface area contributed by atoms with Crippen LogP contribution in [-0.2, 0) is 0 Å². The molecule has 0 N–H and O–H groups in total. The zero-order valence-corrected chi connectivity index (χ0v) is 15.8. The first-order valence-electron chi connectivity index (χ1n) is 9.07. The Hall–Kier alpha value is -3.34. The van der Waals surface area contributed by atoms with Gasteiger partial charge in [-0.25, -0.2) is 0 Å². The summed E-state index contributed by atoms with van der Waals surface area (Å²) in [6, 6.07) is 7.75. The molecular formula is C23H20O5. The molecule has 0 aliphatic carbocycles. The highest BCUT2D eigenvalue weighted by molar-refractivity contribution is 5.83. The monoisotopic (exact) mass is 376 g/mol. The van der Waals surface area contributed by atoms with Crippen LogP contribution in [-0.4, -0.2) is 26.9 Å². The fourth-order valence-corrected chi connectivity index (χ4v) is 4.11. The second kappa shape index (κ2) is 6.09. The SMILES string of the molecule is C=C1C=Cc2c(ccc3c2OC2COc4cc(OC)c(OC)cc4C2C3=C)O1. The molecule has 0 saturated carbocycles. The van der Waals surface area contributed by atoms with Crippen molar-refractivity contribution in [3.05, 3.63) is 65.9 Å². The van der Waals surface area contributed by atoms with Gasteiger partial charge in [0.1, 0.15) is 35.7 Å². The lowest BCUT2D eigenvalue weighted by Crippen LogP contribution is -2.39. The summed E-state index contributed by atoms with van der Waals surface area (Å²) in [6.45, 7) is 8.69. The number of methoxy groups -OCH3 is 2. The smallest absolute Gasteiger partial charge is 0.164 e. The van der Waals surface area contributed by atoms with Crippen LogP contribution in [0, 0.1) is 0 Å². The van der Waals surface area contributed by atoms with Crippen molar-refractivity contribution in [2.45, 2.75) is 12.0 Å². The van der Waals surface area contributed by atoms with Crippen LogP contribution in [0.1, 0.15) is 22.6 Å². The minimum atomic E-state index is -0.185. The summed E-state index contributed by atoms with van der Waals surface area (Å²) in [5.74, 6) is 4.16. The van der Waals surface area contributed by atoms with Gasteiger partial charge in [0, 0.05) is 17.2 Å². The van der Waals surface area contributed by atoms with Crippen molar-refractivity contribution in [1.29, 1.82) is 0 Å². The summed E-state index contributed by atoms with van der Waals surface area (Å²) in [6.07, 6.45) is 3.62. The second-order valence-electron chi connectivity index (χ2n) is 6.97. The van der Waals surface area contributed by atoms with Gasteiger partial charge in [-0.05, 0) is 35.9 Å². The Morgan fingerprint density at radius 2 is 1.79 bits per heavy atom. The molecule has 0 amide bonds. The number of hydrogen-bond donors (Lipinski definition) is 0. The molecule has 0 bridgehead atoms. The van der Waals surface area contributed by atoms with E-state index in [0.29, 0.717) is 23.9 Å². The normalized spacial score (nSPS) is 21.2. The van der Waals surface area contributed by atoms with E-state index in [1.807, 2.05) is 36.4 Å². The third kappa shape index (κ3) is 2.32. The Kier molecular flexibility index (Phi) is 3.66. The Morgan fingerprint density at radius 3 is 2.57 bits per heavy atom. The van der Waals surface area contributed by atoms with Crippen LogP contribution in [0.15, 0.2) is 49.3 Å². The van der Waals surface area contributed by atoms with E-state index in [4.69, 9.17) is 23.7 Å². The van der Waals surface area contributed by atoms with E-state index in [1.54, 1.807) is 14.2 Å². The van der Waals surface area contributed by atoms with Crippen LogP contribution in [0.2, 0.25) is 0 Å². The van der Waals surface area contributed by atoms with Crippen molar-refractivity contribution in [2.75, 3.05) is 20.8 Å². The third-order valence-electron chi connectivity index (χ3n) is 5.45. The number of rotatable bonds is 2. The molecule has 3 aliphatic rings. The first-order chi connectivity index (χ1) is 13.6. The van der Waals surface area contributed by atoms with Gasteiger partial charge in [-0.15, -0.1) is 0 Å². The van der Waals surface area contributed by atoms with Gasteiger partial charge in [-0.3, -0.25) is 0 Å². The number of allylic oxidation sites excluding steroid dienone is 1. The average molecular weight is 376 g/mol. The van der Waals surface area contributed by atoms with Gasteiger partial charge >= 0.3 is 0 Å². The zero-order chi connectivity index (χ0) is 19.4. The van der Waals surface area contributed by atoms with Crippen LogP contribution < -0.4 is 23.7 Å². The molecule has 2 atom stereocenters. The first-order valence-corrected chi connectivity index (χ1v) is 9.07. The Balaban J connectivity index is 1.63. The highest BCUT2D eigenvalue weighted by Gasteiger charge is 2.41. The van der Waals surface area contributed by atoms with Crippen molar-refractivity contribution in [3.63, 3.8) is 0 Å². The van der Waals surface area contributed by atoms with E-state index >= 15 is 0 Å². The third-order valence-corrected chi connectivity index (χ3v) is 5.45. The molecule has 28 heavy (non-hydrogen) atoms. The maximum Gasteiger partial charge on any atom is 0.164 e. The highest BCUT2D eigenvalue weighted by atomic mass is 16.5. The van der Waals surface area contributed by atoms with Crippen LogP contribution in [0.3, 0.4) is 0 Å². The fourth-order valence-electron chi connectivity index (χ4n) is 4.11. The van der Waals surface area contributed by atoms with E-state index in [2.05, 4.69) is 13.2 Å². The van der Waals surface area contributed by atoms with Crippen LogP contribution >= 0.6 is 0 Å². The Bertz CT molecular complexity index is 1050. The topological polar surface area (TPSA) is 46.2 Å². The molecule has 3 heterocycles. The van der Waals surface area contributed by atoms with Crippen molar-refractivity contribution in [1.82, 2.24) is 0 Å². The first kappa shape index (κ1) is 16.8. The summed E-state index contributed by atoms with van der Waals surface area (Å²) >= 11 is 0. The molecule has 5 rings (SSSR count). The number of benzene rings is 2. The van der Waals surface area contributed by atoms with Gasteiger partial charge in [0.05, 0.1) is 25.7 Å². The maximum absolute atomic E-state index is 6.41. The summed E-state index contributed by atoms with van der Waals surface area (Å²) in [5, 5.41) is 0. The van der Waals surface area contributed by atoms with Crippen LogP contribution in [0.5, 0.6) is 28.7 Å². The van der Waals surface area contributed by atoms with Crippen molar-refractivity contribution in [2.24, 2.45) is 0 Å². The minimum absolute atomic E-state index is 0.0300. The molecule has 3 aliphatic heterocycles. The van der Waals surface area contributed by atoms with E-state index in [9.17, 15) is 0 Å². The molecule has 0 spiro atoms. The molecule has 0 fully saturated rings. The standard InChI is InChI=1S/C23H20O5/c1-12-5-6-15-17(27-12)8-7-14-13(2)22-16-9-19(24-3)20(25-4)10-18(16)26-11-21(22)28-23(14)15/h5-10,21-22H,1-2,11H2,3-4H3. The number of hydrogen-bond acceptors (Lipinski definition) is 5. The predicted octanol–water partition coefficient (Wildman–Crippen LogP) is 4.57. The molecule has 5 nitrogen and oxygen atoms in total. The van der Waals surface area contributed by atoms with Gasteiger partial charge in [0.15, 0.2) is 11.5 Å². The van der Waals surface area contributed by atoms with Gasteiger partial charge in [-0.2, -0.15) is 0 Å². The zero-order valence-electron chi connectivity index (χ0n) is 15.8. The van der Waals surface area contributed by atoms with Gasteiger partial charge in [-0.1, -0.05) is 13.2 Å². The van der Waals surface area contributed by atoms with Crippen molar-refractivity contribution in [3.8, 4) is 28.7 Å². The van der Waals surface area contributed by atoms with Crippen LogP contribution in [0.25, 0.3) is 11.6 Å². The fraction of sp³-hybridized carbons (Fsp3) is 0.217. The summed E-state index contributed by atoms with van der Waals surface area (Å²) in [7, 11) is 3.24. The molecule has 142 valence electrons. The molecule has 2 unspecified atom stereocenters. The van der Waals surface area contributed by atoms with Crippen molar-refractivity contribution >= 4 is 11.6 Å². The van der Waals surface area contributed by atoms with Gasteiger partial charge in [0.25, 0.3) is 0 Å². The summed E-state index contributed by atoms with van der Waals surface area (Å²) in [4.78, 5) is 0. The molecule has 0 saturated heterocycles. The van der Waals surface area contributed by atoms with Crippen LogP contribution in [0.4, 0.5) is 0 Å². The molecule has 0 radical (unpaired) electrons. The Morgan fingerprint density at radius 1 is 1.00 bits per heavy atom. The lowest BCUT2D eigenvalue weighted by atomic mass is 9.79. The summed E-state index contributed by atoms with van der Waals surface area (Å²) < 4.78 is 29.0. The van der Waals surface area contributed by atoms with E-state index in [-0.39, 0.29) is 12.0 Å². The largest absolute Gasteiger partial charge is 0.493 e. The highest BCUT2D eigenvalue weighted by Crippen LogP contribution is 2.53. The minimum Gasteiger partial charge on any atom is -0.493 e. The molecule has 5 heteroatoms. The van der Waals surface area contributed by atoms with Gasteiger partial charge in [0.2, 0.25) is 0 Å².